The lowest BCUT2D eigenvalue weighted by molar-refractivity contribution is 0.0712. The van der Waals surface area contributed by atoms with E-state index in [9.17, 15) is 16.8 Å². The molecule has 0 aliphatic heterocycles. The van der Waals surface area contributed by atoms with E-state index in [1.54, 1.807) is 50.2 Å². The molecule has 0 heterocycles. The highest BCUT2D eigenvalue weighted by Crippen LogP contribution is 2.42. The van der Waals surface area contributed by atoms with Gasteiger partial charge in [0.15, 0.2) is 5.67 Å². The van der Waals surface area contributed by atoms with Crippen LogP contribution in [-0.2, 0) is 25.7 Å². The topological polar surface area (TPSA) is 106 Å². The number of nitrogens with two attached hydrogens (primary N) is 1. The molecule has 3 N–H and O–H groups in total. The van der Waals surface area contributed by atoms with Gasteiger partial charge in [-0.05, 0) is 61.9 Å². The standard InChI is InChI=1S/C21H27FN2O4S2/c1-15(2)30(27,28)24-20-5-3-4-14-21(20,22)18-10-6-16(7-11-18)17-8-12-19(13-9-17)29(23,25)26/h6-13,15,20,24H,3-5,14H2,1-2H3,(H2,23,25,26)/t20-,21+/m0/s1. The molecule has 0 unspecified atom stereocenters. The van der Waals surface area contributed by atoms with Crippen molar-refractivity contribution in [2.45, 2.75) is 61.4 Å². The Balaban J connectivity index is 1.88. The first kappa shape index (κ1) is 22.9. The fourth-order valence-electron chi connectivity index (χ4n) is 3.74. The lowest BCUT2D eigenvalue weighted by Gasteiger charge is -2.38. The van der Waals surface area contributed by atoms with Gasteiger partial charge in [-0.15, -0.1) is 0 Å². The molecule has 0 radical (unpaired) electrons. The van der Waals surface area contributed by atoms with Crippen LogP contribution >= 0.6 is 0 Å². The average molecular weight is 455 g/mol. The first-order chi connectivity index (χ1) is 13.9. The Kier molecular flexibility index (Phi) is 6.38. The quantitative estimate of drug-likeness (QED) is 0.697. The summed E-state index contributed by atoms with van der Waals surface area (Å²) in [6.07, 6.45) is 2.15. The van der Waals surface area contributed by atoms with Crippen LogP contribution in [0.5, 0.6) is 0 Å². The van der Waals surface area contributed by atoms with E-state index in [4.69, 9.17) is 5.14 Å². The SMILES string of the molecule is CC(C)S(=O)(=O)N[C@H]1CCCC[C@@]1(F)c1ccc(-c2ccc(S(N)(=O)=O)cc2)cc1. The molecule has 1 aliphatic carbocycles. The van der Waals surface area contributed by atoms with E-state index in [-0.39, 0.29) is 11.3 Å². The van der Waals surface area contributed by atoms with Gasteiger partial charge in [-0.1, -0.05) is 42.8 Å². The third-order valence-corrected chi connectivity index (χ3v) is 8.43. The molecule has 1 aliphatic rings. The van der Waals surface area contributed by atoms with Crippen molar-refractivity contribution in [2.75, 3.05) is 0 Å². The fraction of sp³-hybridized carbons (Fsp3) is 0.429. The highest BCUT2D eigenvalue weighted by Gasteiger charge is 2.44. The predicted molar refractivity (Wildman–Crippen MR) is 115 cm³/mol. The van der Waals surface area contributed by atoms with Crippen molar-refractivity contribution in [1.29, 1.82) is 0 Å². The van der Waals surface area contributed by atoms with Crippen LogP contribution in [-0.4, -0.2) is 28.1 Å². The third-order valence-electron chi connectivity index (χ3n) is 5.64. The number of primary sulfonamides is 1. The predicted octanol–water partition coefficient (Wildman–Crippen LogP) is 3.44. The molecule has 0 amide bonds. The number of hydrogen-bond acceptors (Lipinski definition) is 4. The highest BCUT2D eigenvalue weighted by atomic mass is 32.2. The minimum atomic E-state index is -3.76. The molecule has 6 nitrogen and oxygen atoms in total. The lowest BCUT2D eigenvalue weighted by Crippen LogP contribution is -2.51. The normalized spacial score (nSPS) is 22.9. The van der Waals surface area contributed by atoms with Gasteiger partial charge in [0.1, 0.15) is 0 Å². The Hall–Kier alpha value is -1.81. The lowest BCUT2D eigenvalue weighted by atomic mass is 9.77. The van der Waals surface area contributed by atoms with Gasteiger partial charge in [-0.2, -0.15) is 0 Å². The molecule has 30 heavy (non-hydrogen) atoms. The van der Waals surface area contributed by atoms with E-state index >= 15 is 4.39 Å². The van der Waals surface area contributed by atoms with Gasteiger partial charge in [-0.25, -0.2) is 31.1 Å². The smallest absolute Gasteiger partial charge is 0.237 e. The summed E-state index contributed by atoms with van der Waals surface area (Å²) < 4.78 is 66.1. The Morgan fingerprint density at radius 2 is 1.50 bits per heavy atom. The van der Waals surface area contributed by atoms with Crippen molar-refractivity contribution >= 4 is 20.0 Å². The van der Waals surface area contributed by atoms with Crippen LogP contribution in [0.3, 0.4) is 0 Å². The van der Waals surface area contributed by atoms with Gasteiger partial charge in [-0.3, -0.25) is 0 Å². The maximum absolute atomic E-state index is 16.1. The third kappa shape index (κ3) is 4.74. The maximum atomic E-state index is 16.1. The van der Waals surface area contributed by atoms with Crippen LogP contribution in [0.25, 0.3) is 11.1 Å². The summed E-state index contributed by atoms with van der Waals surface area (Å²) in [4.78, 5) is 0.0214. The van der Waals surface area contributed by atoms with E-state index in [0.717, 1.165) is 17.5 Å². The summed E-state index contributed by atoms with van der Waals surface area (Å²) in [5, 5.41) is 4.49. The number of nitrogens with one attached hydrogen (secondary N) is 1. The number of hydrogen-bond donors (Lipinski definition) is 2. The molecule has 1 fully saturated rings. The van der Waals surface area contributed by atoms with Gasteiger partial charge in [0.05, 0.1) is 16.2 Å². The fourth-order valence-corrected chi connectivity index (χ4v) is 5.23. The summed E-state index contributed by atoms with van der Waals surface area (Å²) in [6.45, 7) is 3.14. The molecule has 0 spiro atoms. The van der Waals surface area contributed by atoms with E-state index in [1.165, 1.54) is 12.1 Å². The minimum Gasteiger partial charge on any atom is -0.237 e. The summed E-state index contributed by atoms with van der Waals surface area (Å²) in [5.74, 6) is 0. The Labute approximate surface area is 177 Å². The van der Waals surface area contributed by atoms with Crippen LogP contribution < -0.4 is 9.86 Å². The van der Waals surface area contributed by atoms with Gasteiger partial charge in [0, 0.05) is 0 Å². The number of halogens is 1. The molecule has 2 atom stereocenters. The second-order valence-corrected chi connectivity index (χ2v) is 11.8. The van der Waals surface area contributed by atoms with Crippen LogP contribution in [0.2, 0.25) is 0 Å². The molecule has 3 rings (SSSR count). The number of alkyl halides is 1. The molecule has 0 bridgehead atoms. The van der Waals surface area contributed by atoms with Crippen LogP contribution in [0, 0.1) is 0 Å². The second-order valence-electron chi connectivity index (χ2n) is 8.02. The van der Waals surface area contributed by atoms with E-state index in [1.807, 2.05) is 0 Å². The van der Waals surface area contributed by atoms with Gasteiger partial charge in [0.2, 0.25) is 20.0 Å². The Bertz CT molecular complexity index is 1100. The average Bonchev–Trinajstić information content (AvgIpc) is 2.69. The Morgan fingerprint density at radius 3 is 2.00 bits per heavy atom. The zero-order valence-corrected chi connectivity index (χ0v) is 18.6. The van der Waals surface area contributed by atoms with Crippen molar-refractivity contribution in [3.05, 3.63) is 54.1 Å². The molecule has 9 heteroatoms. The van der Waals surface area contributed by atoms with E-state index < -0.39 is 37.0 Å². The largest absolute Gasteiger partial charge is 0.238 e. The van der Waals surface area contributed by atoms with E-state index in [2.05, 4.69) is 4.72 Å². The molecular formula is C21H27FN2O4S2. The van der Waals surface area contributed by atoms with Crippen molar-refractivity contribution in [3.8, 4) is 11.1 Å². The molecule has 2 aromatic rings. The van der Waals surface area contributed by atoms with Crippen molar-refractivity contribution in [3.63, 3.8) is 0 Å². The van der Waals surface area contributed by atoms with Gasteiger partial charge >= 0.3 is 0 Å². The molecule has 0 saturated heterocycles. The zero-order valence-electron chi connectivity index (χ0n) is 17.0. The first-order valence-electron chi connectivity index (χ1n) is 9.87. The van der Waals surface area contributed by atoms with E-state index in [0.29, 0.717) is 18.4 Å². The molecule has 164 valence electrons. The number of sulfonamides is 2. The second kappa shape index (κ2) is 8.37. The monoisotopic (exact) mass is 454 g/mol. The van der Waals surface area contributed by atoms with Crippen LogP contribution in [0.1, 0.15) is 45.1 Å². The summed E-state index contributed by atoms with van der Waals surface area (Å²) >= 11 is 0. The van der Waals surface area contributed by atoms with Gasteiger partial charge in [0.25, 0.3) is 0 Å². The molecule has 2 aromatic carbocycles. The Morgan fingerprint density at radius 1 is 0.967 bits per heavy atom. The van der Waals surface area contributed by atoms with Crippen molar-refractivity contribution in [1.82, 2.24) is 4.72 Å². The molecular weight excluding hydrogens is 427 g/mol. The van der Waals surface area contributed by atoms with Crippen LogP contribution in [0.15, 0.2) is 53.4 Å². The summed E-state index contributed by atoms with van der Waals surface area (Å²) in [6, 6.07) is 12.2. The maximum Gasteiger partial charge on any atom is 0.238 e. The van der Waals surface area contributed by atoms with Crippen LogP contribution in [0.4, 0.5) is 4.39 Å². The highest BCUT2D eigenvalue weighted by molar-refractivity contribution is 7.90. The minimum absolute atomic E-state index is 0.0214. The van der Waals surface area contributed by atoms with Crippen molar-refractivity contribution < 1.29 is 21.2 Å². The molecule has 1 saturated carbocycles. The van der Waals surface area contributed by atoms with Crippen molar-refractivity contribution in [2.24, 2.45) is 5.14 Å². The number of rotatable bonds is 6. The van der Waals surface area contributed by atoms with Gasteiger partial charge < -0.3 is 0 Å². The number of benzene rings is 2. The zero-order chi connectivity index (χ0) is 22.2. The molecule has 0 aromatic heterocycles. The summed E-state index contributed by atoms with van der Waals surface area (Å²) in [7, 11) is -7.36. The summed E-state index contributed by atoms with van der Waals surface area (Å²) in [5.41, 5.74) is 0.209. The first-order valence-corrected chi connectivity index (χ1v) is 13.0.